The van der Waals surface area contributed by atoms with Gasteiger partial charge in [0.05, 0.1) is 4.90 Å². The van der Waals surface area contributed by atoms with Gasteiger partial charge in [0.15, 0.2) is 0 Å². The van der Waals surface area contributed by atoms with Crippen molar-refractivity contribution < 1.29 is 13.2 Å². The molecular formula is C21H17BrN2O3S. The summed E-state index contributed by atoms with van der Waals surface area (Å²) < 4.78 is 28.6. The van der Waals surface area contributed by atoms with Crippen LogP contribution in [0.4, 0.5) is 11.4 Å². The Balaban J connectivity index is 1.59. The van der Waals surface area contributed by atoms with Crippen molar-refractivity contribution >= 4 is 43.2 Å². The van der Waals surface area contributed by atoms with Crippen molar-refractivity contribution in [1.29, 1.82) is 0 Å². The van der Waals surface area contributed by atoms with Gasteiger partial charge in [0.1, 0.15) is 0 Å². The number of anilines is 2. The highest BCUT2D eigenvalue weighted by Gasteiger charge is 2.26. The number of amides is 1. The summed E-state index contributed by atoms with van der Waals surface area (Å²) in [7, 11) is -3.71. The molecule has 0 bridgehead atoms. The van der Waals surface area contributed by atoms with Crippen LogP contribution in [0.3, 0.4) is 0 Å². The highest BCUT2D eigenvalue weighted by molar-refractivity contribution is 9.10. The maximum Gasteiger partial charge on any atom is 0.261 e. The van der Waals surface area contributed by atoms with E-state index in [0.29, 0.717) is 17.8 Å². The molecule has 28 heavy (non-hydrogen) atoms. The SMILES string of the molecule is O=C(c1cccc(NS(=O)(=O)c2ccccc2)c1)N1CCc2cc(Br)ccc21. The number of benzene rings is 3. The molecule has 3 aromatic carbocycles. The van der Waals surface area contributed by atoms with Gasteiger partial charge in [-0.05, 0) is 60.5 Å². The van der Waals surface area contributed by atoms with Gasteiger partial charge in [-0.1, -0.05) is 40.2 Å². The van der Waals surface area contributed by atoms with Crippen LogP contribution in [0.2, 0.25) is 0 Å². The summed E-state index contributed by atoms with van der Waals surface area (Å²) in [6.07, 6.45) is 0.793. The fourth-order valence-electron chi connectivity index (χ4n) is 3.27. The minimum atomic E-state index is -3.71. The lowest BCUT2D eigenvalue weighted by Gasteiger charge is -2.18. The second kappa shape index (κ2) is 7.41. The van der Waals surface area contributed by atoms with E-state index in [0.717, 1.165) is 22.1 Å². The third kappa shape index (κ3) is 3.68. The monoisotopic (exact) mass is 456 g/mol. The third-order valence-electron chi connectivity index (χ3n) is 4.60. The second-order valence-corrected chi connectivity index (χ2v) is 9.08. The van der Waals surface area contributed by atoms with E-state index < -0.39 is 10.0 Å². The van der Waals surface area contributed by atoms with Gasteiger partial charge in [0.25, 0.3) is 15.9 Å². The predicted molar refractivity (Wildman–Crippen MR) is 113 cm³/mol. The molecule has 0 radical (unpaired) electrons. The molecule has 0 spiro atoms. The van der Waals surface area contributed by atoms with Crippen LogP contribution in [0.15, 0.2) is 82.2 Å². The Morgan fingerprint density at radius 2 is 1.75 bits per heavy atom. The molecule has 4 rings (SSSR count). The van der Waals surface area contributed by atoms with E-state index >= 15 is 0 Å². The summed E-state index contributed by atoms with van der Waals surface area (Å²) in [5.74, 6) is -0.151. The second-order valence-electron chi connectivity index (χ2n) is 6.48. The Hall–Kier alpha value is -2.64. The zero-order valence-electron chi connectivity index (χ0n) is 14.8. The number of fused-ring (bicyclic) bond motifs is 1. The maximum absolute atomic E-state index is 13.0. The number of carbonyl (C=O) groups is 1. The van der Waals surface area contributed by atoms with Crippen molar-refractivity contribution in [1.82, 2.24) is 0 Å². The lowest BCUT2D eigenvalue weighted by atomic mass is 10.1. The molecule has 5 nitrogen and oxygen atoms in total. The number of rotatable bonds is 4. The van der Waals surface area contributed by atoms with Gasteiger partial charge in [-0.3, -0.25) is 9.52 Å². The highest BCUT2D eigenvalue weighted by atomic mass is 79.9. The molecule has 1 aliphatic rings. The van der Waals surface area contributed by atoms with Crippen LogP contribution in [-0.2, 0) is 16.4 Å². The van der Waals surface area contributed by atoms with E-state index in [1.54, 1.807) is 47.4 Å². The van der Waals surface area contributed by atoms with Crippen LogP contribution >= 0.6 is 15.9 Å². The molecule has 3 aromatic rings. The Kier molecular flexibility index (Phi) is 4.95. The van der Waals surface area contributed by atoms with E-state index in [-0.39, 0.29) is 10.8 Å². The molecule has 1 heterocycles. The highest BCUT2D eigenvalue weighted by Crippen LogP contribution is 2.32. The van der Waals surface area contributed by atoms with Crippen molar-refractivity contribution in [2.24, 2.45) is 0 Å². The largest absolute Gasteiger partial charge is 0.308 e. The molecule has 0 unspecified atom stereocenters. The Bertz CT molecular complexity index is 1150. The zero-order chi connectivity index (χ0) is 19.7. The van der Waals surface area contributed by atoms with E-state index in [1.807, 2.05) is 18.2 Å². The summed E-state index contributed by atoms with van der Waals surface area (Å²) in [5.41, 5.74) is 2.79. The van der Waals surface area contributed by atoms with Crippen LogP contribution in [0, 0.1) is 0 Å². The van der Waals surface area contributed by atoms with Gasteiger partial charge >= 0.3 is 0 Å². The molecule has 1 amide bonds. The smallest absolute Gasteiger partial charge is 0.261 e. The van der Waals surface area contributed by atoms with Crippen LogP contribution in [0.5, 0.6) is 0 Å². The number of hydrogen-bond acceptors (Lipinski definition) is 3. The molecule has 0 aromatic heterocycles. The summed E-state index contributed by atoms with van der Waals surface area (Å²) in [4.78, 5) is 14.9. The number of sulfonamides is 1. The molecule has 0 saturated heterocycles. The Morgan fingerprint density at radius 1 is 0.964 bits per heavy atom. The van der Waals surface area contributed by atoms with Crippen molar-refractivity contribution in [2.75, 3.05) is 16.2 Å². The zero-order valence-corrected chi connectivity index (χ0v) is 17.2. The summed E-state index contributed by atoms with van der Waals surface area (Å²) in [5, 5.41) is 0. The molecular weight excluding hydrogens is 440 g/mol. The molecule has 0 atom stereocenters. The lowest BCUT2D eigenvalue weighted by molar-refractivity contribution is 0.0989. The number of carbonyl (C=O) groups excluding carboxylic acids is 1. The molecule has 7 heteroatoms. The number of hydrogen-bond donors (Lipinski definition) is 1. The minimum Gasteiger partial charge on any atom is -0.308 e. The van der Waals surface area contributed by atoms with Crippen molar-refractivity contribution in [2.45, 2.75) is 11.3 Å². The Labute approximate surface area is 172 Å². The van der Waals surface area contributed by atoms with E-state index in [9.17, 15) is 13.2 Å². The van der Waals surface area contributed by atoms with Crippen molar-refractivity contribution in [3.63, 3.8) is 0 Å². The first-order valence-corrected chi connectivity index (χ1v) is 11.0. The average Bonchev–Trinajstić information content (AvgIpc) is 3.11. The topological polar surface area (TPSA) is 66.5 Å². The minimum absolute atomic E-state index is 0.151. The van der Waals surface area contributed by atoms with Crippen LogP contribution < -0.4 is 9.62 Å². The van der Waals surface area contributed by atoms with Gasteiger partial charge in [0, 0.05) is 28.0 Å². The predicted octanol–water partition coefficient (Wildman–Crippen LogP) is 4.45. The Morgan fingerprint density at radius 3 is 2.54 bits per heavy atom. The van der Waals surface area contributed by atoms with E-state index in [2.05, 4.69) is 20.7 Å². The molecule has 0 aliphatic carbocycles. The van der Waals surface area contributed by atoms with E-state index in [4.69, 9.17) is 0 Å². The number of halogens is 1. The fraction of sp³-hybridized carbons (Fsp3) is 0.0952. The molecule has 1 aliphatic heterocycles. The first-order valence-electron chi connectivity index (χ1n) is 8.72. The quantitative estimate of drug-likeness (QED) is 0.630. The fourth-order valence-corrected chi connectivity index (χ4v) is 4.75. The summed E-state index contributed by atoms with van der Waals surface area (Å²) in [6, 6.07) is 20.6. The number of nitrogens with one attached hydrogen (secondary N) is 1. The van der Waals surface area contributed by atoms with Gasteiger partial charge < -0.3 is 4.90 Å². The van der Waals surface area contributed by atoms with Gasteiger partial charge in [-0.2, -0.15) is 0 Å². The third-order valence-corrected chi connectivity index (χ3v) is 6.49. The van der Waals surface area contributed by atoms with Crippen LogP contribution in [0.25, 0.3) is 0 Å². The van der Waals surface area contributed by atoms with Crippen molar-refractivity contribution in [3.8, 4) is 0 Å². The van der Waals surface area contributed by atoms with Gasteiger partial charge in [0.2, 0.25) is 0 Å². The van der Waals surface area contributed by atoms with Gasteiger partial charge in [-0.15, -0.1) is 0 Å². The summed E-state index contributed by atoms with van der Waals surface area (Å²) >= 11 is 3.45. The van der Waals surface area contributed by atoms with E-state index in [1.165, 1.54) is 12.1 Å². The number of nitrogens with zero attached hydrogens (tertiary/aromatic N) is 1. The standard InChI is InChI=1S/C21H17BrN2O3S/c22-17-9-10-20-15(13-17)11-12-24(20)21(25)16-5-4-6-18(14-16)23-28(26,27)19-7-2-1-3-8-19/h1-10,13-14,23H,11-12H2. The lowest BCUT2D eigenvalue weighted by Crippen LogP contribution is -2.29. The molecule has 142 valence electrons. The first kappa shape index (κ1) is 18.7. The molecule has 0 fully saturated rings. The summed E-state index contributed by atoms with van der Waals surface area (Å²) in [6.45, 7) is 0.602. The van der Waals surface area contributed by atoms with Gasteiger partial charge in [-0.25, -0.2) is 8.42 Å². The van der Waals surface area contributed by atoms with Crippen LogP contribution in [-0.4, -0.2) is 20.9 Å². The molecule has 0 saturated carbocycles. The normalized spacial score (nSPS) is 13.2. The molecule has 1 N–H and O–H groups in total. The maximum atomic E-state index is 13.0. The average molecular weight is 457 g/mol. The van der Waals surface area contributed by atoms with Crippen molar-refractivity contribution in [3.05, 3.63) is 88.4 Å². The van der Waals surface area contributed by atoms with Crippen LogP contribution in [0.1, 0.15) is 15.9 Å². The first-order chi connectivity index (χ1) is 13.4.